The second-order valence-electron chi connectivity index (χ2n) is 6.60. The Kier molecular flexibility index (Phi) is 4.56. The average Bonchev–Trinajstić information content (AvgIpc) is 2.68. The molecule has 0 bridgehead atoms. The van der Waals surface area contributed by atoms with Gasteiger partial charge in [0.1, 0.15) is 23.9 Å². The minimum Gasteiger partial charge on any atom is -0.480 e. The van der Waals surface area contributed by atoms with E-state index in [9.17, 15) is 4.79 Å². The molecule has 27 heavy (non-hydrogen) atoms. The highest BCUT2D eigenvalue weighted by Gasteiger charge is 2.31. The molecule has 1 heterocycles. The topological polar surface area (TPSA) is 73.8 Å². The monoisotopic (exact) mass is 363 g/mol. The lowest BCUT2D eigenvalue weighted by Crippen LogP contribution is -2.49. The van der Waals surface area contributed by atoms with E-state index in [2.05, 4.69) is 33.7 Å². The second kappa shape index (κ2) is 7.17. The highest BCUT2D eigenvalue weighted by molar-refractivity contribution is 5.83. The molecule has 0 aromatic heterocycles. The van der Waals surface area contributed by atoms with Crippen molar-refractivity contribution in [1.29, 1.82) is 0 Å². The number of benzene rings is 2. The lowest BCUT2D eigenvalue weighted by molar-refractivity contribution is -0.135. The first-order valence-corrected chi connectivity index (χ1v) is 8.81. The van der Waals surface area contributed by atoms with Crippen LogP contribution in [0, 0.1) is 0 Å². The number of carboxylic acid groups (broad SMARTS) is 1. The van der Waals surface area contributed by atoms with Gasteiger partial charge in [0.05, 0.1) is 18.3 Å². The van der Waals surface area contributed by atoms with Crippen LogP contribution in [0.25, 0.3) is 10.8 Å². The summed E-state index contributed by atoms with van der Waals surface area (Å²) in [6, 6.07) is 14.1. The molecular weight excluding hydrogens is 342 g/mol. The average molecular weight is 363 g/mol. The van der Waals surface area contributed by atoms with Crippen molar-refractivity contribution in [2.45, 2.75) is 6.04 Å². The fourth-order valence-corrected chi connectivity index (χ4v) is 3.38. The predicted molar refractivity (Wildman–Crippen MR) is 104 cm³/mol. The van der Waals surface area contributed by atoms with Crippen molar-refractivity contribution in [2.24, 2.45) is 0 Å². The second-order valence-corrected chi connectivity index (χ2v) is 6.60. The van der Waals surface area contributed by atoms with Crippen LogP contribution in [0.4, 0.5) is 0 Å². The number of rotatable bonds is 5. The predicted octanol–water partition coefficient (Wildman–Crippen LogP) is 2.42. The summed E-state index contributed by atoms with van der Waals surface area (Å²) in [5.41, 5.74) is 0.903. The van der Waals surface area contributed by atoms with E-state index in [-0.39, 0.29) is 12.6 Å². The molecule has 0 radical (unpaired) electrons. The number of nitrogens with zero attached hydrogens (tertiary/aromatic N) is 1. The van der Waals surface area contributed by atoms with Crippen molar-refractivity contribution in [1.82, 2.24) is 15.5 Å². The number of carboxylic acids is 1. The summed E-state index contributed by atoms with van der Waals surface area (Å²) in [4.78, 5) is 13.1. The van der Waals surface area contributed by atoms with Crippen molar-refractivity contribution in [3.63, 3.8) is 0 Å². The van der Waals surface area contributed by atoms with Crippen LogP contribution in [0.15, 0.2) is 77.8 Å². The largest absolute Gasteiger partial charge is 0.480 e. The van der Waals surface area contributed by atoms with Crippen LogP contribution in [0.1, 0.15) is 0 Å². The molecule has 138 valence electrons. The molecule has 0 spiro atoms. The summed E-state index contributed by atoms with van der Waals surface area (Å²) in [5, 5.41) is 17.5. The maximum Gasteiger partial charge on any atom is 0.322 e. The zero-order valence-electron chi connectivity index (χ0n) is 15.0. The van der Waals surface area contributed by atoms with Gasteiger partial charge in [0.15, 0.2) is 0 Å². The molecule has 6 nitrogen and oxygen atoms in total. The molecule has 1 atom stereocenters. The zero-order chi connectivity index (χ0) is 18.8. The highest BCUT2D eigenvalue weighted by Crippen LogP contribution is 2.31. The molecule has 6 heteroatoms. The number of hydrogen-bond acceptors (Lipinski definition) is 5. The minimum atomic E-state index is -0.910. The molecule has 3 N–H and O–H groups in total. The number of hydrogen-bond donors (Lipinski definition) is 3. The molecule has 1 unspecified atom stereocenters. The van der Waals surface area contributed by atoms with E-state index in [1.165, 1.54) is 0 Å². The first-order valence-electron chi connectivity index (χ1n) is 8.81. The lowest BCUT2D eigenvalue weighted by Gasteiger charge is -2.37. The van der Waals surface area contributed by atoms with Crippen LogP contribution in [0.2, 0.25) is 0 Å². The van der Waals surface area contributed by atoms with Crippen LogP contribution < -0.4 is 15.4 Å². The molecule has 0 saturated heterocycles. The van der Waals surface area contributed by atoms with Gasteiger partial charge in [0.2, 0.25) is 0 Å². The van der Waals surface area contributed by atoms with Gasteiger partial charge in [-0.25, -0.2) is 0 Å². The van der Waals surface area contributed by atoms with E-state index < -0.39 is 5.97 Å². The number of carbonyl (C=O) groups is 1. The Balaban J connectivity index is 1.67. The molecular formula is C21H21N3O3. The Morgan fingerprint density at radius 1 is 1.30 bits per heavy atom. The number of ether oxygens (including phenoxy) is 1. The SMILES string of the molecule is CN1CNC(NCC(=O)O)=C2C(Oc3ccc4ccccc4c3)=CC=CC21. The quantitative estimate of drug-likeness (QED) is 0.758. The smallest absolute Gasteiger partial charge is 0.322 e. The summed E-state index contributed by atoms with van der Waals surface area (Å²) < 4.78 is 6.22. The Bertz CT molecular complexity index is 978. The van der Waals surface area contributed by atoms with E-state index in [0.717, 1.165) is 22.1 Å². The number of nitrogens with one attached hydrogen (secondary N) is 2. The summed E-state index contributed by atoms with van der Waals surface area (Å²) in [6.45, 7) is 0.457. The van der Waals surface area contributed by atoms with Crippen molar-refractivity contribution >= 4 is 16.7 Å². The van der Waals surface area contributed by atoms with Crippen molar-refractivity contribution in [2.75, 3.05) is 20.3 Å². The first-order chi connectivity index (χ1) is 13.1. The van der Waals surface area contributed by atoms with Crippen LogP contribution >= 0.6 is 0 Å². The number of likely N-dealkylation sites (N-methyl/N-ethyl adjacent to an activating group) is 1. The van der Waals surface area contributed by atoms with Gasteiger partial charge in [-0.3, -0.25) is 9.69 Å². The standard InChI is InChI=1S/C21H21N3O3/c1-24-13-23-21(22-12-19(25)26)20-17(24)7-4-8-18(20)27-16-10-9-14-5-2-3-6-15(14)11-16/h2-11,17,22-23H,12-13H2,1H3,(H,25,26). The van der Waals surface area contributed by atoms with Crippen LogP contribution in [0.5, 0.6) is 5.75 Å². The third-order valence-electron chi connectivity index (χ3n) is 4.72. The highest BCUT2D eigenvalue weighted by atomic mass is 16.5. The fourth-order valence-electron chi connectivity index (χ4n) is 3.38. The van der Waals surface area contributed by atoms with E-state index in [4.69, 9.17) is 9.84 Å². The molecule has 1 aliphatic carbocycles. The van der Waals surface area contributed by atoms with Gasteiger partial charge in [0, 0.05) is 0 Å². The molecule has 2 aromatic carbocycles. The van der Waals surface area contributed by atoms with E-state index in [0.29, 0.717) is 18.2 Å². The zero-order valence-corrected chi connectivity index (χ0v) is 15.0. The molecule has 2 aliphatic rings. The van der Waals surface area contributed by atoms with Gasteiger partial charge in [-0.05, 0) is 36.0 Å². The van der Waals surface area contributed by atoms with Crippen molar-refractivity contribution in [3.05, 3.63) is 77.8 Å². The third kappa shape index (κ3) is 3.52. The molecule has 0 amide bonds. The van der Waals surface area contributed by atoms with Crippen molar-refractivity contribution in [3.8, 4) is 5.75 Å². The lowest BCUT2D eigenvalue weighted by atomic mass is 9.97. The molecule has 4 rings (SSSR count). The third-order valence-corrected chi connectivity index (χ3v) is 4.72. The summed E-state index contributed by atoms with van der Waals surface area (Å²) in [5.74, 6) is 1.22. The summed E-state index contributed by atoms with van der Waals surface area (Å²) in [6.07, 6.45) is 5.96. The van der Waals surface area contributed by atoms with Crippen LogP contribution in [-0.2, 0) is 4.79 Å². The van der Waals surface area contributed by atoms with E-state index >= 15 is 0 Å². The Morgan fingerprint density at radius 3 is 2.93 bits per heavy atom. The van der Waals surface area contributed by atoms with Gasteiger partial charge < -0.3 is 20.5 Å². The number of fused-ring (bicyclic) bond motifs is 2. The van der Waals surface area contributed by atoms with Gasteiger partial charge in [-0.1, -0.05) is 42.5 Å². The van der Waals surface area contributed by atoms with Crippen LogP contribution in [0.3, 0.4) is 0 Å². The molecule has 2 aromatic rings. The van der Waals surface area contributed by atoms with Gasteiger partial charge in [-0.15, -0.1) is 0 Å². The summed E-state index contributed by atoms with van der Waals surface area (Å²) >= 11 is 0. The number of aliphatic carboxylic acids is 1. The van der Waals surface area contributed by atoms with Gasteiger partial charge in [0.25, 0.3) is 0 Å². The fraction of sp³-hybridized carbons (Fsp3) is 0.190. The Hall–Kier alpha value is -3.25. The van der Waals surface area contributed by atoms with Gasteiger partial charge >= 0.3 is 5.97 Å². The van der Waals surface area contributed by atoms with E-state index in [1.807, 2.05) is 49.5 Å². The molecule has 1 aliphatic heterocycles. The van der Waals surface area contributed by atoms with Crippen LogP contribution in [-0.4, -0.2) is 42.3 Å². The maximum atomic E-state index is 11.0. The first kappa shape index (κ1) is 17.2. The van der Waals surface area contributed by atoms with Crippen molar-refractivity contribution < 1.29 is 14.6 Å². The minimum absolute atomic E-state index is 0.0167. The maximum absolute atomic E-state index is 11.0. The van der Waals surface area contributed by atoms with E-state index in [1.54, 1.807) is 0 Å². The molecule has 0 fully saturated rings. The Morgan fingerprint density at radius 2 is 2.11 bits per heavy atom. The number of allylic oxidation sites excluding steroid dienone is 2. The Labute approximate surface area is 157 Å². The molecule has 0 saturated carbocycles. The normalized spacial score (nSPS) is 19.3. The van der Waals surface area contributed by atoms with Gasteiger partial charge in [-0.2, -0.15) is 0 Å². The summed E-state index contributed by atoms with van der Waals surface area (Å²) in [7, 11) is 2.01.